The zero-order chi connectivity index (χ0) is 20.8. The van der Waals surface area contributed by atoms with Gasteiger partial charge in [0.1, 0.15) is 11.6 Å². The number of esters is 1. The van der Waals surface area contributed by atoms with Crippen molar-refractivity contribution in [1.29, 1.82) is 0 Å². The number of carbonyl (C=O) groups excluding carboxylic acids is 2. The minimum Gasteiger partial charge on any atom is -0.487 e. The van der Waals surface area contributed by atoms with Crippen LogP contribution in [0.2, 0.25) is 0 Å². The summed E-state index contributed by atoms with van der Waals surface area (Å²) in [6.07, 6.45) is -1.34. The lowest BCUT2D eigenvalue weighted by molar-refractivity contribution is -0.385. The minimum atomic E-state index is -1.34. The number of halogens is 2. The highest BCUT2D eigenvalue weighted by atomic mass is 19.1. The Bertz CT molecular complexity index is 919. The predicted octanol–water partition coefficient (Wildman–Crippen LogP) is 3.46. The zero-order valence-electron chi connectivity index (χ0n) is 14.9. The number of amides is 1. The molecule has 0 bridgehead atoms. The molecule has 0 unspecified atom stereocenters. The van der Waals surface area contributed by atoms with Crippen molar-refractivity contribution in [2.75, 3.05) is 11.9 Å². The summed E-state index contributed by atoms with van der Waals surface area (Å²) < 4.78 is 36.6. The number of hydrogen-bond donors (Lipinski definition) is 1. The zero-order valence-corrected chi connectivity index (χ0v) is 14.9. The molecule has 0 fully saturated rings. The first-order chi connectivity index (χ1) is 13.2. The summed E-state index contributed by atoms with van der Waals surface area (Å²) in [4.78, 5) is 34.6. The van der Waals surface area contributed by atoms with Crippen LogP contribution in [0.25, 0.3) is 0 Å². The molecule has 0 heterocycles. The van der Waals surface area contributed by atoms with Crippen molar-refractivity contribution in [1.82, 2.24) is 0 Å². The highest BCUT2D eigenvalue weighted by molar-refractivity contribution is 5.97. The van der Waals surface area contributed by atoms with E-state index in [1.165, 1.54) is 19.1 Å². The summed E-state index contributed by atoms with van der Waals surface area (Å²) in [5.41, 5.74) is -0.879. The number of nitrogens with one attached hydrogen (secondary N) is 1. The minimum absolute atomic E-state index is 0.0124. The second kappa shape index (κ2) is 8.89. The topological polar surface area (TPSA) is 108 Å². The smallest absolute Gasteiger partial charge is 0.339 e. The standard InChI is InChI=1S/C18H16F2N2O6/c1-3-27-16-7-4-11(8-15(16)22(25)26)18(24)28-10(2)17(23)21-14-6-5-12(19)9-13(14)20/h4-10H,3H2,1-2H3,(H,21,23)/t10-/m1/s1. The second-order valence-electron chi connectivity index (χ2n) is 5.53. The molecule has 2 aromatic carbocycles. The van der Waals surface area contributed by atoms with Gasteiger partial charge in [-0.2, -0.15) is 0 Å². The maximum atomic E-state index is 13.6. The van der Waals surface area contributed by atoms with Gasteiger partial charge in [-0.15, -0.1) is 0 Å². The highest BCUT2D eigenvalue weighted by Gasteiger charge is 2.23. The van der Waals surface area contributed by atoms with Gasteiger partial charge < -0.3 is 14.8 Å². The van der Waals surface area contributed by atoms with Gasteiger partial charge >= 0.3 is 11.7 Å². The number of benzene rings is 2. The predicted molar refractivity (Wildman–Crippen MR) is 94.1 cm³/mol. The first kappa shape index (κ1) is 20.7. The average Bonchev–Trinajstić information content (AvgIpc) is 2.64. The number of anilines is 1. The molecule has 148 valence electrons. The van der Waals surface area contributed by atoms with E-state index >= 15 is 0 Å². The van der Waals surface area contributed by atoms with Crippen LogP contribution in [-0.4, -0.2) is 29.5 Å². The van der Waals surface area contributed by atoms with Crippen LogP contribution in [0.15, 0.2) is 36.4 Å². The Labute approximate surface area is 158 Å². The van der Waals surface area contributed by atoms with Gasteiger partial charge in [-0.05, 0) is 38.1 Å². The number of nitrogens with zero attached hydrogens (tertiary/aromatic N) is 1. The number of ether oxygens (including phenoxy) is 2. The van der Waals surface area contributed by atoms with Crippen molar-refractivity contribution in [2.24, 2.45) is 0 Å². The SMILES string of the molecule is CCOc1ccc(C(=O)O[C@H](C)C(=O)Nc2ccc(F)cc2F)cc1[N+](=O)[O-]. The molecule has 2 rings (SSSR count). The fraction of sp³-hybridized carbons (Fsp3) is 0.222. The molecule has 1 atom stereocenters. The summed E-state index contributed by atoms with van der Waals surface area (Å²) in [5.74, 6) is -3.67. The molecule has 0 aromatic heterocycles. The van der Waals surface area contributed by atoms with Gasteiger partial charge in [-0.1, -0.05) is 0 Å². The molecule has 8 nitrogen and oxygen atoms in total. The van der Waals surface area contributed by atoms with E-state index in [2.05, 4.69) is 5.32 Å². The Hall–Kier alpha value is -3.56. The average molecular weight is 394 g/mol. The molecular formula is C18H16F2N2O6. The van der Waals surface area contributed by atoms with Crippen LogP contribution in [0.1, 0.15) is 24.2 Å². The third-order valence-corrected chi connectivity index (χ3v) is 3.53. The van der Waals surface area contributed by atoms with E-state index in [1.54, 1.807) is 6.92 Å². The van der Waals surface area contributed by atoms with Crippen LogP contribution in [0.5, 0.6) is 5.75 Å². The quantitative estimate of drug-likeness (QED) is 0.438. The fourth-order valence-corrected chi connectivity index (χ4v) is 2.17. The summed E-state index contributed by atoms with van der Waals surface area (Å²) in [5, 5.41) is 13.3. The molecular weight excluding hydrogens is 378 g/mol. The molecule has 2 aromatic rings. The Morgan fingerprint density at radius 3 is 2.54 bits per heavy atom. The summed E-state index contributed by atoms with van der Waals surface area (Å²) in [6.45, 7) is 3.08. The van der Waals surface area contributed by atoms with Crippen molar-refractivity contribution < 1.29 is 32.8 Å². The summed E-state index contributed by atoms with van der Waals surface area (Å²) >= 11 is 0. The first-order valence-electron chi connectivity index (χ1n) is 8.11. The monoisotopic (exact) mass is 394 g/mol. The number of nitro benzene ring substituents is 1. The molecule has 1 amide bonds. The van der Waals surface area contributed by atoms with E-state index in [4.69, 9.17) is 9.47 Å². The molecule has 0 aliphatic rings. The molecule has 0 spiro atoms. The van der Waals surface area contributed by atoms with E-state index in [0.717, 1.165) is 18.2 Å². The van der Waals surface area contributed by atoms with E-state index in [-0.39, 0.29) is 23.6 Å². The molecule has 0 radical (unpaired) electrons. The van der Waals surface area contributed by atoms with Gasteiger partial charge in [-0.25, -0.2) is 13.6 Å². The molecule has 0 saturated carbocycles. The van der Waals surface area contributed by atoms with Crippen molar-refractivity contribution in [3.05, 3.63) is 63.7 Å². The van der Waals surface area contributed by atoms with Crippen molar-refractivity contribution in [3.8, 4) is 5.75 Å². The Morgan fingerprint density at radius 2 is 1.93 bits per heavy atom. The maximum Gasteiger partial charge on any atom is 0.339 e. The van der Waals surface area contributed by atoms with Crippen LogP contribution >= 0.6 is 0 Å². The van der Waals surface area contributed by atoms with E-state index < -0.39 is 40.2 Å². The Morgan fingerprint density at radius 1 is 1.21 bits per heavy atom. The van der Waals surface area contributed by atoms with Crippen LogP contribution < -0.4 is 10.1 Å². The van der Waals surface area contributed by atoms with Gasteiger partial charge in [0.2, 0.25) is 0 Å². The van der Waals surface area contributed by atoms with Gasteiger partial charge in [0.15, 0.2) is 11.9 Å². The molecule has 0 saturated heterocycles. The lowest BCUT2D eigenvalue weighted by Gasteiger charge is -2.14. The number of nitro groups is 1. The molecule has 10 heteroatoms. The van der Waals surface area contributed by atoms with Gasteiger partial charge in [0, 0.05) is 12.1 Å². The maximum absolute atomic E-state index is 13.6. The van der Waals surface area contributed by atoms with E-state index in [9.17, 15) is 28.5 Å². The van der Waals surface area contributed by atoms with Crippen LogP contribution in [0.4, 0.5) is 20.2 Å². The second-order valence-corrected chi connectivity index (χ2v) is 5.53. The molecule has 0 aliphatic heterocycles. The van der Waals surface area contributed by atoms with Gasteiger partial charge in [0.05, 0.1) is 22.8 Å². The van der Waals surface area contributed by atoms with Gasteiger partial charge in [0.25, 0.3) is 5.91 Å². The first-order valence-corrected chi connectivity index (χ1v) is 8.11. The molecule has 28 heavy (non-hydrogen) atoms. The van der Waals surface area contributed by atoms with Gasteiger partial charge in [-0.3, -0.25) is 14.9 Å². The van der Waals surface area contributed by atoms with Crippen molar-refractivity contribution in [3.63, 3.8) is 0 Å². The highest BCUT2D eigenvalue weighted by Crippen LogP contribution is 2.28. The number of rotatable bonds is 7. The third kappa shape index (κ3) is 5.00. The third-order valence-electron chi connectivity index (χ3n) is 3.53. The molecule has 0 aliphatic carbocycles. The summed E-state index contributed by atoms with van der Waals surface area (Å²) in [7, 11) is 0. The normalized spacial score (nSPS) is 11.4. The number of hydrogen-bond acceptors (Lipinski definition) is 6. The number of carbonyl (C=O) groups is 2. The van der Waals surface area contributed by atoms with E-state index in [1.807, 2.05) is 0 Å². The Balaban J connectivity index is 2.09. The largest absolute Gasteiger partial charge is 0.487 e. The Kier molecular flexibility index (Phi) is 6.59. The lowest BCUT2D eigenvalue weighted by atomic mass is 10.2. The fourth-order valence-electron chi connectivity index (χ4n) is 2.17. The van der Waals surface area contributed by atoms with Crippen molar-refractivity contribution >= 4 is 23.3 Å². The van der Waals surface area contributed by atoms with Crippen LogP contribution in [-0.2, 0) is 9.53 Å². The van der Waals surface area contributed by atoms with E-state index in [0.29, 0.717) is 6.07 Å². The van der Waals surface area contributed by atoms with Crippen LogP contribution in [0, 0.1) is 21.7 Å². The van der Waals surface area contributed by atoms with Crippen molar-refractivity contribution in [2.45, 2.75) is 20.0 Å². The summed E-state index contributed by atoms with van der Waals surface area (Å²) in [6, 6.07) is 6.03. The van der Waals surface area contributed by atoms with Crippen LogP contribution in [0.3, 0.4) is 0 Å². The lowest BCUT2D eigenvalue weighted by Crippen LogP contribution is -2.30. The molecule has 1 N–H and O–H groups in total.